The number of aromatic nitrogens is 3. The minimum Gasteiger partial charge on any atom is -0.494 e. The van der Waals surface area contributed by atoms with Crippen molar-refractivity contribution in [3.63, 3.8) is 0 Å². The van der Waals surface area contributed by atoms with Gasteiger partial charge >= 0.3 is 0 Å². The molecule has 2 unspecified atom stereocenters. The van der Waals surface area contributed by atoms with E-state index < -0.39 is 0 Å². The zero-order valence-electron chi connectivity index (χ0n) is 14.1. The second-order valence-electron chi connectivity index (χ2n) is 6.10. The number of nitrogens with two attached hydrogens (primary N) is 1. The lowest BCUT2D eigenvalue weighted by Gasteiger charge is -2.31. The standard InChI is InChI=1S/C19H21N5O/c1-2-25-15-10-8-13(9-11-15)16-12-17(14-6-4-3-5-7-14)24-19(21-16)22-18(20)23-24/h3-11,16-17H,2,12H2,1H3,(H3,20,21,22,23). The molecule has 2 aromatic carbocycles. The second-order valence-corrected chi connectivity index (χ2v) is 6.10. The second kappa shape index (κ2) is 6.47. The smallest absolute Gasteiger partial charge is 0.241 e. The van der Waals surface area contributed by atoms with Crippen LogP contribution in [0.2, 0.25) is 0 Å². The summed E-state index contributed by atoms with van der Waals surface area (Å²) in [5.74, 6) is 1.88. The summed E-state index contributed by atoms with van der Waals surface area (Å²) in [5, 5.41) is 7.83. The van der Waals surface area contributed by atoms with Gasteiger partial charge < -0.3 is 15.8 Å². The quantitative estimate of drug-likeness (QED) is 0.764. The molecule has 0 fully saturated rings. The first-order valence-electron chi connectivity index (χ1n) is 8.51. The van der Waals surface area contributed by atoms with Gasteiger partial charge in [0.2, 0.25) is 11.9 Å². The van der Waals surface area contributed by atoms with E-state index in [4.69, 9.17) is 10.5 Å². The van der Waals surface area contributed by atoms with Crippen molar-refractivity contribution in [2.24, 2.45) is 0 Å². The minimum atomic E-state index is 0.0961. The Labute approximate surface area is 146 Å². The van der Waals surface area contributed by atoms with Crippen LogP contribution in [0.1, 0.15) is 36.6 Å². The van der Waals surface area contributed by atoms with E-state index >= 15 is 0 Å². The number of hydrogen-bond acceptors (Lipinski definition) is 5. The lowest BCUT2D eigenvalue weighted by atomic mass is 9.93. The number of benzene rings is 2. The molecule has 3 aromatic rings. The van der Waals surface area contributed by atoms with Crippen LogP contribution < -0.4 is 15.8 Å². The molecule has 0 aliphatic carbocycles. The Balaban J connectivity index is 1.67. The number of rotatable bonds is 4. The van der Waals surface area contributed by atoms with Crippen LogP contribution in [-0.2, 0) is 0 Å². The highest BCUT2D eigenvalue weighted by molar-refractivity contribution is 5.42. The van der Waals surface area contributed by atoms with E-state index in [2.05, 4.69) is 39.7 Å². The average molecular weight is 335 g/mol. The van der Waals surface area contributed by atoms with Gasteiger partial charge in [0.1, 0.15) is 5.75 Å². The van der Waals surface area contributed by atoms with E-state index in [1.807, 2.05) is 41.9 Å². The fourth-order valence-electron chi connectivity index (χ4n) is 3.33. The normalized spacial score (nSPS) is 19.1. The largest absolute Gasteiger partial charge is 0.494 e. The molecule has 1 aliphatic rings. The molecule has 6 nitrogen and oxygen atoms in total. The van der Waals surface area contributed by atoms with E-state index in [0.717, 1.165) is 12.2 Å². The lowest BCUT2D eigenvalue weighted by molar-refractivity contribution is 0.340. The van der Waals surface area contributed by atoms with Gasteiger partial charge in [-0.05, 0) is 36.6 Å². The van der Waals surface area contributed by atoms with Crippen LogP contribution in [0, 0.1) is 0 Å². The molecule has 2 atom stereocenters. The Morgan fingerprint density at radius 3 is 2.60 bits per heavy atom. The molecule has 25 heavy (non-hydrogen) atoms. The zero-order chi connectivity index (χ0) is 17.2. The number of nitrogens with zero attached hydrogens (tertiary/aromatic N) is 3. The van der Waals surface area contributed by atoms with Crippen LogP contribution in [0.3, 0.4) is 0 Å². The fourth-order valence-corrected chi connectivity index (χ4v) is 3.33. The van der Waals surface area contributed by atoms with Crippen molar-refractivity contribution < 1.29 is 4.74 Å². The maximum atomic E-state index is 5.84. The van der Waals surface area contributed by atoms with Gasteiger partial charge in [-0.25, -0.2) is 4.68 Å². The maximum absolute atomic E-state index is 5.84. The van der Waals surface area contributed by atoms with Gasteiger partial charge in [-0.1, -0.05) is 42.5 Å². The Kier molecular flexibility index (Phi) is 4.01. The number of ether oxygens (including phenoxy) is 1. The topological polar surface area (TPSA) is 78.0 Å². The van der Waals surface area contributed by atoms with Gasteiger partial charge in [0, 0.05) is 0 Å². The van der Waals surface area contributed by atoms with Crippen LogP contribution in [0.5, 0.6) is 5.75 Å². The Morgan fingerprint density at radius 2 is 1.88 bits per heavy atom. The van der Waals surface area contributed by atoms with E-state index in [-0.39, 0.29) is 18.0 Å². The van der Waals surface area contributed by atoms with Gasteiger partial charge in [-0.3, -0.25) is 0 Å². The summed E-state index contributed by atoms with van der Waals surface area (Å²) in [7, 11) is 0. The van der Waals surface area contributed by atoms with Crippen molar-refractivity contribution in [3.8, 4) is 5.75 Å². The summed E-state index contributed by atoms with van der Waals surface area (Å²) in [4.78, 5) is 4.34. The Morgan fingerprint density at radius 1 is 1.12 bits per heavy atom. The molecule has 6 heteroatoms. The SMILES string of the molecule is CCOc1ccc(C2CC(c3ccccc3)n3nc(N)nc3N2)cc1. The van der Waals surface area contributed by atoms with Crippen LogP contribution in [-0.4, -0.2) is 21.4 Å². The van der Waals surface area contributed by atoms with E-state index in [1.165, 1.54) is 11.1 Å². The Hall–Kier alpha value is -3.02. The molecule has 0 saturated carbocycles. The van der Waals surface area contributed by atoms with Gasteiger partial charge in [0.05, 0.1) is 18.7 Å². The van der Waals surface area contributed by atoms with Crippen molar-refractivity contribution in [2.45, 2.75) is 25.4 Å². The van der Waals surface area contributed by atoms with Gasteiger partial charge in [0.25, 0.3) is 0 Å². The maximum Gasteiger partial charge on any atom is 0.241 e. The molecule has 4 rings (SSSR count). The van der Waals surface area contributed by atoms with E-state index in [1.54, 1.807) is 0 Å². The average Bonchev–Trinajstić information content (AvgIpc) is 3.02. The van der Waals surface area contributed by atoms with Gasteiger partial charge in [-0.2, -0.15) is 4.98 Å². The third-order valence-electron chi connectivity index (χ3n) is 4.48. The molecule has 0 radical (unpaired) electrons. The third kappa shape index (κ3) is 3.03. The first-order valence-corrected chi connectivity index (χ1v) is 8.51. The first-order chi connectivity index (χ1) is 12.2. The van der Waals surface area contributed by atoms with E-state index in [0.29, 0.717) is 12.6 Å². The highest BCUT2D eigenvalue weighted by Crippen LogP contribution is 2.38. The minimum absolute atomic E-state index is 0.0961. The number of nitrogen functional groups attached to an aromatic ring is 1. The predicted molar refractivity (Wildman–Crippen MR) is 97.6 cm³/mol. The number of hydrogen-bond donors (Lipinski definition) is 2. The monoisotopic (exact) mass is 335 g/mol. The van der Waals surface area contributed by atoms with Crippen molar-refractivity contribution in [2.75, 3.05) is 17.7 Å². The van der Waals surface area contributed by atoms with Crippen molar-refractivity contribution in [1.82, 2.24) is 14.8 Å². The number of anilines is 2. The van der Waals surface area contributed by atoms with Gasteiger partial charge in [-0.15, -0.1) is 5.10 Å². The number of nitrogens with one attached hydrogen (secondary N) is 1. The molecule has 0 amide bonds. The first kappa shape index (κ1) is 15.5. The summed E-state index contributed by atoms with van der Waals surface area (Å²) in [6.07, 6.45) is 0.869. The lowest BCUT2D eigenvalue weighted by Crippen LogP contribution is -2.28. The fraction of sp³-hybridized carbons (Fsp3) is 0.263. The Bertz CT molecular complexity index is 844. The molecule has 3 N–H and O–H groups in total. The summed E-state index contributed by atoms with van der Waals surface area (Å²) in [5.41, 5.74) is 8.23. The van der Waals surface area contributed by atoms with Crippen molar-refractivity contribution in [1.29, 1.82) is 0 Å². The molecular weight excluding hydrogens is 314 g/mol. The highest BCUT2D eigenvalue weighted by atomic mass is 16.5. The summed E-state index contributed by atoms with van der Waals surface area (Å²) < 4.78 is 7.42. The van der Waals surface area contributed by atoms with Crippen molar-refractivity contribution >= 4 is 11.9 Å². The predicted octanol–water partition coefficient (Wildman–Crippen LogP) is 3.41. The molecule has 0 bridgehead atoms. The third-order valence-corrected chi connectivity index (χ3v) is 4.48. The van der Waals surface area contributed by atoms with E-state index in [9.17, 15) is 0 Å². The molecule has 1 aromatic heterocycles. The summed E-state index contributed by atoms with van der Waals surface area (Å²) in [6, 6.07) is 18.8. The van der Waals surface area contributed by atoms with Crippen LogP contribution in [0.15, 0.2) is 54.6 Å². The molecule has 128 valence electrons. The molecular formula is C19H21N5O. The molecule has 0 spiro atoms. The van der Waals surface area contributed by atoms with Crippen LogP contribution in [0.25, 0.3) is 0 Å². The highest BCUT2D eigenvalue weighted by Gasteiger charge is 2.30. The van der Waals surface area contributed by atoms with Crippen molar-refractivity contribution in [3.05, 3.63) is 65.7 Å². The van der Waals surface area contributed by atoms with Gasteiger partial charge in [0.15, 0.2) is 0 Å². The molecule has 0 saturated heterocycles. The molecule has 1 aliphatic heterocycles. The zero-order valence-corrected chi connectivity index (χ0v) is 14.1. The van der Waals surface area contributed by atoms with Crippen LogP contribution >= 0.6 is 0 Å². The summed E-state index contributed by atoms with van der Waals surface area (Å²) in [6.45, 7) is 2.65. The number of fused-ring (bicyclic) bond motifs is 1. The molecule has 2 heterocycles. The summed E-state index contributed by atoms with van der Waals surface area (Å²) >= 11 is 0. The van der Waals surface area contributed by atoms with Crippen LogP contribution in [0.4, 0.5) is 11.9 Å².